The van der Waals surface area contributed by atoms with Crippen LogP contribution in [0, 0.1) is 11.6 Å². The number of hydrogen-bond donors (Lipinski definition) is 0. The molecule has 2 aromatic carbocycles. The predicted octanol–water partition coefficient (Wildman–Crippen LogP) is 4.61. The van der Waals surface area contributed by atoms with Crippen molar-refractivity contribution in [3.05, 3.63) is 65.6 Å². The number of rotatable bonds is 7. The number of benzene rings is 2. The molecule has 0 N–H and O–H groups in total. The van der Waals surface area contributed by atoms with Gasteiger partial charge in [-0.1, -0.05) is 13.0 Å². The van der Waals surface area contributed by atoms with Crippen molar-refractivity contribution < 1.29 is 17.9 Å². The van der Waals surface area contributed by atoms with Gasteiger partial charge in [0.1, 0.15) is 5.82 Å². The van der Waals surface area contributed by atoms with Crippen LogP contribution in [0.5, 0.6) is 5.75 Å². The molecule has 0 aliphatic heterocycles. The molecule has 27 heavy (non-hydrogen) atoms. The van der Waals surface area contributed by atoms with Crippen LogP contribution in [0.1, 0.15) is 31.3 Å². The molecular weight excluding hydrogens is 352 g/mol. The number of ether oxygens (including phenoxy) is 1. The van der Waals surface area contributed by atoms with Crippen molar-refractivity contribution in [2.45, 2.75) is 26.4 Å². The first-order valence-corrected chi connectivity index (χ1v) is 8.67. The Kier molecular flexibility index (Phi) is 5.81. The van der Waals surface area contributed by atoms with E-state index in [2.05, 4.69) is 15.1 Å². The Morgan fingerprint density at radius 3 is 2.48 bits per heavy atom. The first kappa shape index (κ1) is 19.0. The first-order valence-electron chi connectivity index (χ1n) is 8.67. The molecule has 3 rings (SSSR count). The van der Waals surface area contributed by atoms with E-state index in [1.165, 1.54) is 25.3 Å². The number of nitrogens with zero attached hydrogens (tertiary/aromatic N) is 3. The lowest BCUT2D eigenvalue weighted by Crippen LogP contribution is -2.26. The largest absolute Gasteiger partial charge is 0.494 e. The van der Waals surface area contributed by atoms with Crippen LogP contribution in [0.3, 0.4) is 0 Å². The summed E-state index contributed by atoms with van der Waals surface area (Å²) in [6.07, 6.45) is 0. The van der Waals surface area contributed by atoms with Crippen LogP contribution in [0.4, 0.5) is 8.78 Å². The van der Waals surface area contributed by atoms with E-state index in [1.807, 2.05) is 19.9 Å². The maximum absolute atomic E-state index is 13.9. The van der Waals surface area contributed by atoms with E-state index in [1.54, 1.807) is 18.2 Å². The van der Waals surface area contributed by atoms with Gasteiger partial charge in [-0.05, 0) is 55.4 Å². The summed E-state index contributed by atoms with van der Waals surface area (Å²) in [5.74, 6) is 0.287. The van der Waals surface area contributed by atoms with Crippen LogP contribution in [-0.4, -0.2) is 28.8 Å². The molecule has 0 radical (unpaired) electrons. The molecule has 1 atom stereocenters. The van der Waals surface area contributed by atoms with Crippen molar-refractivity contribution in [1.29, 1.82) is 0 Å². The van der Waals surface area contributed by atoms with Crippen molar-refractivity contribution in [3.63, 3.8) is 0 Å². The number of methoxy groups -OCH3 is 1. The lowest BCUT2D eigenvalue weighted by atomic mass is 10.1. The Balaban J connectivity index is 1.76. The molecule has 5 nitrogen and oxygen atoms in total. The molecule has 1 heterocycles. The molecule has 0 aliphatic carbocycles. The van der Waals surface area contributed by atoms with E-state index in [0.717, 1.165) is 5.56 Å². The predicted molar refractivity (Wildman–Crippen MR) is 97.1 cm³/mol. The standard InChI is InChI=1S/C20H21F2N3O2/c1-4-25(12-14-5-10-18(26-3)17(22)11-14)13(2)19-23-24-20(27-19)15-6-8-16(21)9-7-15/h5-11,13H,4,12H2,1-3H3. The second-order valence-corrected chi connectivity index (χ2v) is 6.16. The summed E-state index contributed by atoms with van der Waals surface area (Å²) >= 11 is 0. The summed E-state index contributed by atoms with van der Waals surface area (Å²) in [5, 5.41) is 8.18. The van der Waals surface area contributed by atoms with Gasteiger partial charge in [-0.15, -0.1) is 10.2 Å². The quantitative estimate of drug-likeness (QED) is 0.605. The summed E-state index contributed by atoms with van der Waals surface area (Å²) in [7, 11) is 1.44. The molecule has 0 aliphatic rings. The zero-order chi connectivity index (χ0) is 19.4. The van der Waals surface area contributed by atoms with E-state index in [-0.39, 0.29) is 17.6 Å². The summed E-state index contributed by atoms with van der Waals surface area (Å²) in [4.78, 5) is 2.09. The number of hydrogen-bond acceptors (Lipinski definition) is 5. The van der Waals surface area contributed by atoms with Gasteiger partial charge in [0.25, 0.3) is 0 Å². The van der Waals surface area contributed by atoms with Crippen LogP contribution in [-0.2, 0) is 6.54 Å². The summed E-state index contributed by atoms with van der Waals surface area (Å²) in [5.41, 5.74) is 1.47. The lowest BCUT2D eigenvalue weighted by molar-refractivity contribution is 0.184. The Bertz CT molecular complexity index is 896. The molecule has 0 fully saturated rings. The van der Waals surface area contributed by atoms with E-state index in [0.29, 0.717) is 30.4 Å². The molecular formula is C20H21F2N3O2. The fraction of sp³-hybridized carbons (Fsp3) is 0.300. The third-order valence-corrected chi connectivity index (χ3v) is 4.44. The van der Waals surface area contributed by atoms with Crippen molar-refractivity contribution in [2.24, 2.45) is 0 Å². The summed E-state index contributed by atoms with van der Waals surface area (Å²) < 4.78 is 37.7. The van der Waals surface area contributed by atoms with Crippen LogP contribution in [0.2, 0.25) is 0 Å². The molecule has 0 spiro atoms. The maximum Gasteiger partial charge on any atom is 0.247 e. The zero-order valence-electron chi connectivity index (χ0n) is 15.4. The minimum atomic E-state index is -0.393. The lowest BCUT2D eigenvalue weighted by Gasteiger charge is -2.25. The Labute approximate surface area is 156 Å². The normalized spacial score (nSPS) is 12.4. The Hall–Kier alpha value is -2.80. The van der Waals surface area contributed by atoms with Gasteiger partial charge in [-0.3, -0.25) is 4.90 Å². The monoisotopic (exact) mass is 373 g/mol. The van der Waals surface area contributed by atoms with Crippen LogP contribution >= 0.6 is 0 Å². The molecule has 7 heteroatoms. The van der Waals surface area contributed by atoms with E-state index < -0.39 is 5.82 Å². The van der Waals surface area contributed by atoms with Crippen molar-refractivity contribution in [1.82, 2.24) is 15.1 Å². The smallest absolute Gasteiger partial charge is 0.247 e. The van der Waals surface area contributed by atoms with Crippen LogP contribution in [0.25, 0.3) is 11.5 Å². The fourth-order valence-electron chi connectivity index (χ4n) is 2.83. The molecule has 0 amide bonds. The highest BCUT2D eigenvalue weighted by Gasteiger charge is 2.21. The molecule has 0 saturated heterocycles. The third-order valence-electron chi connectivity index (χ3n) is 4.44. The van der Waals surface area contributed by atoms with Gasteiger partial charge in [0, 0.05) is 12.1 Å². The Morgan fingerprint density at radius 2 is 1.85 bits per heavy atom. The van der Waals surface area contributed by atoms with E-state index in [9.17, 15) is 8.78 Å². The Morgan fingerprint density at radius 1 is 1.11 bits per heavy atom. The van der Waals surface area contributed by atoms with Crippen molar-refractivity contribution in [3.8, 4) is 17.2 Å². The molecule has 142 valence electrons. The van der Waals surface area contributed by atoms with Gasteiger partial charge >= 0.3 is 0 Å². The average molecular weight is 373 g/mol. The first-order chi connectivity index (χ1) is 13.0. The number of halogens is 2. The molecule has 0 bridgehead atoms. The zero-order valence-corrected chi connectivity index (χ0v) is 15.4. The van der Waals surface area contributed by atoms with Gasteiger partial charge in [0.2, 0.25) is 11.8 Å². The van der Waals surface area contributed by atoms with Gasteiger partial charge in [-0.25, -0.2) is 8.78 Å². The van der Waals surface area contributed by atoms with E-state index in [4.69, 9.17) is 9.15 Å². The third kappa shape index (κ3) is 4.31. The fourth-order valence-corrected chi connectivity index (χ4v) is 2.83. The highest BCUT2D eigenvalue weighted by atomic mass is 19.1. The average Bonchev–Trinajstić information content (AvgIpc) is 3.16. The molecule has 0 saturated carbocycles. The maximum atomic E-state index is 13.9. The highest BCUT2D eigenvalue weighted by molar-refractivity contribution is 5.52. The van der Waals surface area contributed by atoms with Crippen LogP contribution < -0.4 is 4.74 Å². The van der Waals surface area contributed by atoms with Gasteiger partial charge in [0.05, 0.1) is 13.2 Å². The van der Waals surface area contributed by atoms with Gasteiger partial charge < -0.3 is 9.15 Å². The van der Waals surface area contributed by atoms with Gasteiger partial charge in [0.15, 0.2) is 11.6 Å². The minimum absolute atomic E-state index is 0.165. The second kappa shape index (κ2) is 8.26. The van der Waals surface area contributed by atoms with Crippen molar-refractivity contribution >= 4 is 0 Å². The molecule has 1 unspecified atom stereocenters. The minimum Gasteiger partial charge on any atom is -0.494 e. The molecule has 1 aromatic heterocycles. The summed E-state index contributed by atoms with van der Waals surface area (Å²) in [6.45, 7) is 5.19. The topological polar surface area (TPSA) is 51.4 Å². The number of aromatic nitrogens is 2. The SMILES string of the molecule is CCN(Cc1ccc(OC)c(F)c1)C(C)c1nnc(-c2ccc(F)cc2)o1. The van der Waals surface area contributed by atoms with Crippen molar-refractivity contribution in [2.75, 3.05) is 13.7 Å². The van der Waals surface area contributed by atoms with E-state index >= 15 is 0 Å². The van der Waals surface area contributed by atoms with Crippen LogP contribution in [0.15, 0.2) is 46.9 Å². The second-order valence-electron chi connectivity index (χ2n) is 6.16. The highest BCUT2D eigenvalue weighted by Crippen LogP contribution is 2.26. The van der Waals surface area contributed by atoms with Gasteiger partial charge in [-0.2, -0.15) is 0 Å². The summed E-state index contributed by atoms with van der Waals surface area (Å²) in [6, 6.07) is 10.6. The molecule has 3 aromatic rings.